The second kappa shape index (κ2) is 8.98. The van der Waals surface area contributed by atoms with Crippen molar-refractivity contribution in [3.05, 3.63) is 0 Å². The number of halogens is 1. The van der Waals surface area contributed by atoms with Crippen LogP contribution in [0, 0.1) is 0 Å². The van der Waals surface area contributed by atoms with Crippen molar-refractivity contribution in [2.75, 3.05) is 21.1 Å². The number of nitrogens with zero attached hydrogens (tertiary/aromatic N) is 2. The first-order valence-electron chi connectivity index (χ1n) is 2.39. The molecular formula is C5H9ClN2S2. The molecule has 2 nitrogen and oxygen atoms in total. The molecule has 0 spiro atoms. The Morgan fingerprint density at radius 3 is 1.80 bits per heavy atom. The predicted molar refractivity (Wildman–Crippen MR) is 53.1 cm³/mol. The van der Waals surface area contributed by atoms with Gasteiger partial charge in [0, 0.05) is 21.1 Å². The molecular weight excluding hydrogens is 188 g/mol. The van der Waals surface area contributed by atoms with E-state index in [1.165, 1.54) is 0 Å². The zero-order valence-electron chi connectivity index (χ0n) is 6.09. The summed E-state index contributed by atoms with van der Waals surface area (Å²) in [5, 5.41) is 2.14. The van der Waals surface area contributed by atoms with Gasteiger partial charge in [0.1, 0.15) is 0 Å². The Morgan fingerprint density at radius 1 is 1.60 bits per heavy atom. The van der Waals surface area contributed by atoms with Crippen LogP contribution in [0.25, 0.3) is 0 Å². The molecule has 0 aromatic heterocycles. The van der Waals surface area contributed by atoms with Gasteiger partial charge in [-0.2, -0.15) is 0 Å². The number of thiocarbonyl (C=S) groups is 2. The third-order valence-electron chi connectivity index (χ3n) is 0.443. The standard InChI is InChI=1S/C3H6ClNS.C2H3NS/c1-5(2)3(4)6;1-3-2-4/h1-2H3;1H3. The van der Waals surface area contributed by atoms with E-state index in [-0.39, 0.29) is 0 Å². The smallest absolute Gasteiger partial charge is 0.169 e. The summed E-state index contributed by atoms with van der Waals surface area (Å²) in [6.07, 6.45) is 0. The van der Waals surface area contributed by atoms with Crippen molar-refractivity contribution in [3.8, 4) is 0 Å². The summed E-state index contributed by atoms with van der Waals surface area (Å²) in [5.74, 6) is 0. The first kappa shape index (κ1) is 12.6. The predicted octanol–water partition coefficient (Wildman–Crippen LogP) is 1.79. The Morgan fingerprint density at radius 2 is 1.80 bits per heavy atom. The highest BCUT2D eigenvalue weighted by molar-refractivity contribution is 7.83. The highest BCUT2D eigenvalue weighted by Gasteiger charge is 1.85. The molecule has 0 aliphatic heterocycles. The van der Waals surface area contributed by atoms with Crippen molar-refractivity contribution in [3.63, 3.8) is 0 Å². The lowest BCUT2D eigenvalue weighted by molar-refractivity contribution is 0.646. The lowest BCUT2D eigenvalue weighted by Crippen LogP contribution is -2.12. The minimum Gasteiger partial charge on any atom is -0.360 e. The Hall–Kier alpha value is -0.0200. The largest absolute Gasteiger partial charge is 0.360 e. The van der Waals surface area contributed by atoms with Gasteiger partial charge in [0.2, 0.25) is 0 Å². The van der Waals surface area contributed by atoms with Gasteiger partial charge in [0.05, 0.1) is 5.16 Å². The first-order chi connectivity index (χ1) is 4.56. The van der Waals surface area contributed by atoms with Crippen LogP contribution >= 0.6 is 36.0 Å². The average molecular weight is 197 g/mol. The van der Waals surface area contributed by atoms with E-state index in [4.69, 9.17) is 11.6 Å². The summed E-state index contributed by atoms with van der Waals surface area (Å²) in [5.41, 5.74) is 0. The molecule has 0 unspecified atom stereocenters. The molecule has 0 aromatic rings. The minimum absolute atomic E-state index is 0.398. The normalized spacial score (nSPS) is 6.40. The van der Waals surface area contributed by atoms with Crippen LogP contribution in [-0.2, 0) is 0 Å². The maximum Gasteiger partial charge on any atom is 0.169 e. The van der Waals surface area contributed by atoms with Crippen LogP contribution in [-0.4, -0.2) is 35.7 Å². The molecule has 0 N–H and O–H groups in total. The third kappa shape index (κ3) is 15.7. The average Bonchev–Trinajstić information content (AvgIpc) is 1.89. The second-order valence-electron chi connectivity index (χ2n) is 1.46. The van der Waals surface area contributed by atoms with Gasteiger partial charge in [0.25, 0.3) is 0 Å². The molecule has 0 heterocycles. The van der Waals surface area contributed by atoms with Gasteiger partial charge < -0.3 is 4.90 Å². The molecule has 0 radical (unpaired) electrons. The Bertz CT molecular complexity index is 141. The van der Waals surface area contributed by atoms with E-state index in [0.717, 1.165) is 0 Å². The van der Waals surface area contributed by atoms with E-state index in [9.17, 15) is 0 Å². The Balaban J connectivity index is 0. The van der Waals surface area contributed by atoms with Crippen LogP contribution < -0.4 is 0 Å². The SMILES string of the molecule is CN(C)C(=S)Cl.CN=C=S. The van der Waals surface area contributed by atoms with E-state index in [1.54, 1.807) is 26.0 Å². The van der Waals surface area contributed by atoms with Gasteiger partial charge in [-0.05, 0) is 24.4 Å². The fourth-order valence-corrected chi connectivity index (χ4v) is 0. The summed E-state index contributed by atoms with van der Waals surface area (Å²) in [6.45, 7) is 0. The maximum atomic E-state index is 5.27. The zero-order chi connectivity index (χ0) is 8.57. The van der Waals surface area contributed by atoms with Crippen molar-refractivity contribution in [2.24, 2.45) is 4.99 Å². The highest BCUT2D eigenvalue weighted by atomic mass is 35.5. The van der Waals surface area contributed by atoms with E-state index >= 15 is 0 Å². The fraction of sp³-hybridized carbons (Fsp3) is 0.600. The molecule has 0 saturated carbocycles. The molecule has 10 heavy (non-hydrogen) atoms. The number of hydrogen-bond donors (Lipinski definition) is 0. The van der Waals surface area contributed by atoms with Gasteiger partial charge in [-0.3, -0.25) is 0 Å². The van der Waals surface area contributed by atoms with Crippen LogP contribution in [0.15, 0.2) is 4.99 Å². The molecule has 0 saturated heterocycles. The first-order valence-corrected chi connectivity index (χ1v) is 3.58. The topological polar surface area (TPSA) is 15.6 Å². The van der Waals surface area contributed by atoms with Crippen LogP contribution in [0.1, 0.15) is 0 Å². The van der Waals surface area contributed by atoms with Crippen LogP contribution in [0.5, 0.6) is 0 Å². The van der Waals surface area contributed by atoms with Crippen molar-refractivity contribution in [2.45, 2.75) is 0 Å². The Kier molecular flexibility index (Phi) is 11.3. The number of aliphatic imine (C=N–C) groups is 1. The van der Waals surface area contributed by atoms with Gasteiger partial charge in [0.15, 0.2) is 4.45 Å². The molecule has 0 atom stereocenters. The monoisotopic (exact) mass is 196 g/mol. The number of hydrogen-bond acceptors (Lipinski definition) is 3. The molecule has 58 valence electrons. The molecule has 0 amide bonds. The van der Waals surface area contributed by atoms with Crippen molar-refractivity contribution in [1.82, 2.24) is 4.90 Å². The minimum atomic E-state index is 0.398. The maximum absolute atomic E-state index is 5.27. The third-order valence-corrected chi connectivity index (χ3v) is 1.33. The Labute approximate surface area is 76.9 Å². The van der Waals surface area contributed by atoms with Gasteiger partial charge in [-0.15, -0.1) is 0 Å². The van der Waals surface area contributed by atoms with E-state index < -0.39 is 0 Å². The zero-order valence-corrected chi connectivity index (χ0v) is 8.48. The molecule has 0 aliphatic rings. The van der Waals surface area contributed by atoms with E-state index in [1.807, 2.05) is 0 Å². The lowest BCUT2D eigenvalue weighted by atomic mass is 11.0. The van der Waals surface area contributed by atoms with Gasteiger partial charge in [-0.25, -0.2) is 4.99 Å². The number of isothiocyanates is 1. The summed E-state index contributed by atoms with van der Waals surface area (Å²) >= 11 is 13.9. The van der Waals surface area contributed by atoms with Crippen LogP contribution in [0.2, 0.25) is 0 Å². The second-order valence-corrected chi connectivity index (χ2v) is 2.61. The van der Waals surface area contributed by atoms with Crippen molar-refractivity contribution < 1.29 is 0 Å². The molecule has 0 aliphatic carbocycles. The van der Waals surface area contributed by atoms with E-state index in [0.29, 0.717) is 4.45 Å². The van der Waals surface area contributed by atoms with Crippen LogP contribution in [0.4, 0.5) is 0 Å². The van der Waals surface area contributed by atoms with Gasteiger partial charge in [-0.1, -0.05) is 11.6 Å². The van der Waals surface area contributed by atoms with Gasteiger partial charge >= 0.3 is 0 Å². The van der Waals surface area contributed by atoms with Crippen LogP contribution in [0.3, 0.4) is 0 Å². The summed E-state index contributed by atoms with van der Waals surface area (Å²) in [4.78, 5) is 4.96. The highest BCUT2D eigenvalue weighted by Crippen LogP contribution is 1.85. The summed E-state index contributed by atoms with van der Waals surface area (Å²) < 4.78 is 0.398. The molecule has 0 bridgehead atoms. The molecule has 5 heteroatoms. The summed E-state index contributed by atoms with van der Waals surface area (Å²) in [7, 11) is 5.19. The molecule has 0 aromatic carbocycles. The lowest BCUT2D eigenvalue weighted by Gasteiger charge is -2.03. The molecule has 0 fully saturated rings. The molecule has 0 rings (SSSR count). The quantitative estimate of drug-likeness (QED) is 0.254. The number of rotatable bonds is 0. The van der Waals surface area contributed by atoms with Crippen molar-refractivity contribution in [1.29, 1.82) is 0 Å². The van der Waals surface area contributed by atoms with Crippen molar-refractivity contribution >= 4 is 45.6 Å². The fourth-order valence-electron chi connectivity index (χ4n) is 0. The summed E-state index contributed by atoms with van der Waals surface area (Å²) in [6, 6.07) is 0. The van der Waals surface area contributed by atoms with E-state index in [2.05, 4.69) is 34.6 Å².